The molecule has 3 saturated carbocycles. The van der Waals surface area contributed by atoms with E-state index in [9.17, 15) is 8.78 Å². The molecular formula is C27H44F2O3. The molecule has 0 bridgehead atoms. The Hall–Kier alpha value is -0.520. The molecule has 0 aromatic carbocycles. The molecule has 0 amide bonds. The molecule has 0 aromatic heterocycles. The molecule has 32 heavy (non-hydrogen) atoms. The largest absolute Gasteiger partial charge is 0.377 e. The van der Waals surface area contributed by atoms with Crippen LogP contribution in [0, 0.1) is 35.5 Å². The molecule has 184 valence electrons. The summed E-state index contributed by atoms with van der Waals surface area (Å²) in [6.07, 6.45) is 17.2. The fraction of sp³-hybridized carbons (Fsp3) is 0.926. The van der Waals surface area contributed by atoms with Crippen molar-refractivity contribution < 1.29 is 23.0 Å². The van der Waals surface area contributed by atoms with Gasteiger partial charge in [0.15, 0.2) is 6.29 Å². The van der Waals surface area contributed by atoms with E-state index in [2.05, 4.69) is 0 Å². The summed E-state index contributed by atoms with van der Waals surface area (Å²) in [6.45, 7) is 1.33. The predicted molar refractivity (Wildman–Crippen MR) is 122 cm³/mol. The minimum atomic E-state index is -1.51. The first-order valence-electron chi connectivity index (χ1n) is 13.4. The maximum atomic E-state index is 12.2. The number of hydrogen-bond donors (Lipinski definition) is 0. The standard InChI is InChI=1S/C27H44F2O3/c1-30-25-17-31-27(32-18-25)24-15-13-23(14-16-24)22-11-9-21(10-12-22)20-7-5-19(6-8-20)3-2-4-26(28)29/h4,19-25,27H,2-3,5-18H2,1H3. The molecule has 1 saturated heterocycles. The van der Waals surface area contributed by atoms with E-state index in [4.69, 9.17) is 14.2 Å². The third kappa shape index (κ3) is 6.76. The maximum absolute atomic E-state index is 12.2. The molecule has 4 rings (SSSR count). The number of halogens is 2. The highest BCUT2D eigenvalue weighted by molar-refractivity contribution is 4.87. The van der Waals surface area contributed by atoms with Gasteiger partial charge in [-0.2, -0.15) is 8.78 Å². The van der Waals surface area contributed by atoms with Crippen LogP contribution < -0.4 is 0 Å². The van der Waals surface area contributed by atoms with Crippen LogP contribution in [0.2, 0.25) is 0 Å². The van der Waals surface area contributed by atoms with Crippen molar-refractivity contribution in [1.82, 2.24) is 0 Å². The van der Waals surface area contributed by atoms with Crippen LogP contribution >= 0.6 is 0 Å². The van der Waals surface area contributed by atoms with Gasteiger partial charge in [0.2, 0.25) is 0 Å². The zero-order valence-electron chi connectivity index (χ0n) is 20.0. The van der Waals surface area contributed by atoms with Crippen LogP contribution in [0.15, 0.2) is 12.2 Å². The van der Waals surface area contributed by atoms with Crippen LogP contribution in [0.4, 0.5) is 8.78 Å². The summed E-state index contributed by atoms with van der Waals surface area (Å²) in [5.41, 5.74) is 0. The van der Waals surface area contributed by atoms with Gasteiger partial charge in [-0.05, 0) is 113 Å². The summed E-state index contributed by atoms with van der Waals surface area (Å²) in [5.74, 6) is 4.88. The van der Waals surface area contributed by atoms with Gasteiger partial charge in [0.05, 0.1) is 13.2 Å². The van der Waals surface area contributed by atoms with Gasteiger partial charge in [-0.3, -0.25) is 0 Å². The van der Waals surface area contributed by atoms with Crippen molar-refractivity contribution in [2.24, 2.45) is 35.5 Å². The van der Waals surface area contributed by atoms with E-state index in [1.54, 1.807) is 7.11 Å². The van der Waals surface area contributed by atoms with Crippen molar-refractivity contribution in [1.29, 1.82) is 0 Å². The lowest BCUT2D eigenvalue weighted by atomic mass is 9.65. The van der Waals surface area contributed by atoms with E-state index in [1.807, 2.05) is 0 Å². The van der Waals surface area contributed by atoms with Crippen molar-refractivity contribution in [3.63, 3.8) is 0 Å². The first-order chi connectivity index (χ1) is 15.6. The molecule has 0 spiro atoms. The summed E-state index contributed by atoms with van der Waals surface area (Å²) in [6, 6.07) is 0. The first-order valence-corrected chi connectivity index (χ1v) is 13.4. The molecule has 3 aliphatic carbocycles. The second-order valence-electron chi connectivity index (χ2n) is 11.1. The Morgan fingerprint density at radius 2 is 1.16 bits per heavy atom. The lowest BCUT2D eigenvalue weighted by Gasteiger charge is -2.42. The highest BCUT2D eigenvalue weighted by atomic mass is 19.3. The molecule has 0 aromatic rings. The smallest absolute Gasteiger partial charge is 0.266 e. The van der Waals surface area contributed by atoms with Crippen molar-refractivity contribution >= 4 is 0 Å². The second kappa shape index (κ2) is 12.3. The van der Waals surface area contributed by atoms with Gasteiger partial charge in [0, 0.05) is 13.0 Å². The number of hydrogen-bond acceptors (Lipinski definition) is 3. The summed E-state index contributed by atoms with van der Waals surface area (Å²) in [5, 5.41) is 0. The van der Waals surface area contributed by atoms with Gasteiger partial charge in [-0.1, -0.05) is 12.8 Å². The van der Waals surface area contributed by atoms with E-state index < -0.39 is 6.08 Å². The lowest BCUT2D eigenvalue weighted by Crippen LogP contribution is -2.42. The third-order valence-corrected chi connectivity index (χ3v) is 9.34. The summed E-state index contributed by atoms with van der Waals surface area (Å²) in [4.78, 5) is 0. The van der Waals surface area contributed by atoms with Gasteiger partial charge in [-0.15, -0.1) is 0 Å². The zero-order valence-corrected chi connectivity index (χ0v) is 20.0. The summed E-state index contributed by atoms with van der Waals surface area (Å²) >= 11 is 0. The topological polar surface area (TPSA) is 27.7 Å². The lowest BCUT2D eigenvalue weighted by molar-refractivity contribution is -0.246. The number of allylic oxidation sites excluding steroid dienone is 1. The molecule has 1 aliphatic heterocycles. The fourth-order valence-electron chi connectivity index (χ4n) is 7.26. The quantitative estimate of drug-likeness (QED) is 0.402. The summed E-state index contributed by atoms with van der Waals surface area (Å²) in [7, 11) is 1.72. The zero-order chi connectivity index (χ0) is 22.3. The van der Waals surface area contributed by atoms with Crippen LogP contribution in [-0.4, -0.2) is 32.7 Å². The molecule has 0 radical (unpaired) electrons. The summed E-state index contributed by atoms with van der Waals surface area (Å²) < 4.78 is 41.7. The molecule has 0 unspecified atom stereocenters. The van der Waals surface area contributed by atoms with Gasteiger partial charge in [-0.25, -0.2) is 0 Å². The van der Waals surface area contributed by atoms with E-state index in [-0.39, 0.29) is 12.4 Å². The Labute approximate surface area is 193 Å². The van der Waals surface area contributed by atoms with Gasteiger partial charge in [0.1, 0.15) is 6.10 Å². The average Bonchev–Trinajstić information content (AvgIpc) is 2.85. The average molecular weight is 455 g/mol. The van der Waals surface area contributed by atoms with E-state index >= 15 is 0 Å². The molecule has 5 heteroatoms. The highest BCUT2D eigenvalue weighted by Crippen LogP contribution is 2.46. The van der Waals surface area contributed by atoms with E-state index in [0.717, 1.165) is 36.2 Å². The second-order valence-corrected chi connectivity index (χ2v) is 11.1. The number of methoxy groups -OCH3 is 1. The van der Waals surface area contributed by atoms with Gasteiger partial charge in [0.25, 0.3) is 6.08 Å². The minimum absolute atomic E-state index is 0.0137. The van der Waals surface area contributed by atoms with Crippen molar-refractivity contribution in [3.8, 4) is 0 Å². The number of ether oxygens (including phenoxy) is 3. The van der Waals surface area contributed by atoms with Crippen LogP contribution in [0.3, 0.4) is 0 Å². The first kappa shape index (κ1) is 24.6. The van der Waals surface area contributed by atoms with Gasteiger partial charge >= 0.3 is 0 Å². The Balaban J connectivity index is 1.11. The normalized spacial score (nSPS) is 41.2. The van der Waals surface area contributed by atoms with Crippen LogP contribution in [0.5, 0.6) is 0 Å². The highest BCUT2D eigenvalue weighted by Gasteiger charge is 2.37. The monoisotopic (exact) mass is 454 g/mol. The predicted octanol–water partition coefficient (Wildman–Crippen LogP) is 7.35. The number of rotatable bonds is 7. The maximum Gasteiger partial charge on any atom is 0.266 e. The molecule has 0 N–H and O–H groups in total. The fourth-order valence-corrected chi connectivity index (χ4v) is 7.26. The van der Waals surface area contributed by atoms with E-state index in [0.29, 0.717) is 31.5 Å². The minimum Gasteiger partial charge on any atom is -0.377 e. The van der Waals surface area contributed by atoms with Crippen LogP contribution in [0.1, 0.15) is 89.9 Å². The third-order valence-electron chi connectivity index (χ3n) is 9.34. The van der Waals surface area contributed by atoms with Gasteiger partial charge < -0.3 is 14.2 Å². The van der Waals surface area contributed by atoms with Crippen molar-refractivity contribution in [2.45, 2.75) is 102 Å². The Morgan fingerprint density at radius 3 is 1.59 bits per heavy atom. The molecule has 4 fully saturated rings. The van der Waals surface area contributed by atoms with Crippen molar-refractivity contribution in [3.05, 3.63) is 12.2 Å². The Kier molecular flexibility index (Phi) is 9.43. The van der Waals surface area contributed by atoms with Crippen LogP contribution in [-0.2, 0) is 14.2 Å². The molecule has 1 heterocycles. The Bertz CT molecular complexity index is 561. The molecule has 3 nitrogen and oxygen atoms in total. The molecule has 4 aliphatic rings. The Morgan fingerprint density at radius 1 is 0.719 bits per heavy atom. The van der Waals surface area contributed by atoms with Crippen molar-refractivity contribution in [2.75, 3.05) is 20.3 Å². The van der Waals surface area contributed by atoms with E-state index in [1.165, 1.54) is 77.0 Å². The molecule has 0 atom stereocenters. The SMILES string of the molecule is COC1COC(C2CCC(C3CCC(C4CCC(CCC=C(F)F)CC4)CC3)CC2)OC1. The van der Waals surface area contributed by atoms with Crippen LogP contribution in [0.25, 0.3) is 0 Å². The molecular weight excluding hydrogens is 410 g/mol.